The van der Waals surface area contributed by atoms with Crippen LogP contribution >= 0.6 is 11.6 Å². The van der Waals surface area contributed by atoms with Crippen LogP contribution in [0.25, 0.3) is 0 Å². The number of rotatable bonds is 1. The molecule has 1 atom stereocenters. The summed E-state index contributed by atoms with van der Waals surface area (Å²) >= 11 is 6.00. The Bertz CT molecular complexity index is 554. The molecule has 2 aliphatic rings. The van der Waals surface area contributed by atoms with E-state index in [0.717, 1.165) is 0 Å². The van der Waals surface area contributed by atoms with Crippen LogP contribution < -0.4 is 5.32 Å². The summed E-state index contributed by atoms with van der Waals surface area (Å²) < 4.78 is 5.63. The van der Waals surface area contributed by atoms with Gasteiger partial charge in [-0.25, -0.2) is 0 Å². The molecule has 0 radical (unpaired) electrons. The maximum absolute atomic E-state index is 12.4. The Morgan fingerprint density at radius 3 is 3.10 bits per heavy atom. The second-order valence-electron chi connectivity index (χ2n) is 5.08. The van der Waals surface area contributed by atoms with Crippen molar-refractivity contribution in [3.63, 3.8) is 0 Å². The summed E-state index contributed by atoms with van der Waals surface area (Å²) in [6.45, 7) is 1.55. The third-order valence-electron chi connectivity index (χ3n) is 3.72. The summed E-state index contributed by atoms with van der Waals surface area (Å²) in [7, 11) is 0. The molecule has 106 valence electrons. The van der Waals surface area contributed by atoms with Gasteiger partial charge in [-0.3, -0.25) is 14.6 Å². The van der Waals surface area contributed by atoms with Gasteiger partial charge in [0.05, 0.1) is 17.1 Å². The monoisotopic (exact) mass is 295 g/mol. The van der Waals surface area contributed by atoms with Crippen LogP contribution in [0.15, 0.2) is 18.5 Å². The van der Waals surface area contributed by atoms with Gasteiger partial charge in [-0.15, -0.1) is 0 Å². The molecule has 2 fully saturated rings. The predicted molar refractivity (Wildman–Crippen MR) is 71.5 cm³/mol. The van der Waals surface area contributed by atoms with E-state index >= 15 is 0 Å². The predicted octanol–water partition coefficient (Wildman–Crippen LogP) is 0.466. The van der Waals surface area contributed by atoms with Gasteiger partial charge in [0.2, 0.25) is 5.91 Å². The summed E-state index contributed by atoms with van der Waals surface area (Å²) in [5.41, 5.74) is -0.0122. The molecule has 3 heterocycles. The SMILES string of the molecule is O=C1COC2(CCN(C(=O)c3ccncc3Cl)C2)CN1. The van der Waals surface area contributed by atoms with Crippen molar-refractivity contribution in [3.05, 3.63) is 29.0 Å². The standard InChI is InChI=1S/C13H14ClN3O3/c14-10-5-15-3-1-9(10)12(19)17-4-2-13(8-17)7-16-11(18)6-20-13/h1,3,5H,2,4,6-8H2,(H,16,18). The van der Waals surface area contributed by atoms with Crippen molar-refractivity contribution in [2.45, 2.75) is 12.0 Å². The average Bonchev–Trinajstić information content (AvgIpc) is 2.87. The van der Waals surface area contributed by atoms with Gasteiger partial charge in [0, 0.05) is 25.5 Å². The van der Waals surface area contributed by atoms with Crippen LogP contribution in [0.4, 0.5) is 0 Å². The van der Waals surface area contributed by atoms with Gasteiger partial charge in [-0.2, -0.15) is 0 Å². The molecular formula is C13H14ClN3O3. The molecule has 0 aromatic carbocycles. The van der Waals surface area contributed by atoms with Crippen molar-refractivity contribution < 1.29 is 14.3 Å². The number of hydrogen-bond acceptors (Lipinski definition) is 4. The number of pyridine rings is 1. The number of morpholine rings is 1. The first kappa shape index (κ1) is 13.3. The number of aromatic nitrogens is 1. The third-order valence-corrected chi connectivity index (χ3v) is 4.02. The molecule has 0 bridgehead atoms. The molecule has 1 unspecified atom stereocenters. The smallest absolute Gasteiger partial charge is 0.255 e. The van der Waals surface area contributed by atoms with Gasteiger partial charge in [0.1, 0.15) is 12.2 Å². The van der Waals surface area contributed by atoms with E-state index in [2.05, 4.69) is 10.3 Å². The van der Waals surface area contributed by atoms with E-state index in [1.54, 1.807) is 17.2 Å². The zero-order valence-corrected chi connectivity index (χ0v) is 11.5. The number of hydrogen-bond donors (Lipinski definition) is 1. The number of nitrogens with zero attached hydrogens (tertiary/aromatic N) is 2. The van der Waals surface area contributed by atoms with E-state index in [9.17, 15) is 9.59 Å². The minimum absolute atomic E-state index is 0.0536. The molecule has 20 heavy (non-hydrogen) atoms. The molecule has 0 aliphatic carbocycles. The van der Waals surface area contributed by atoms with Crippen molar-refractivity contribution in [3.8, 4) is 0 Å². The van der Waals surface area contributed by atoms with Crippen LogP contribution in [-0.4, -0.2) is 53.5 Å². The fraction of sp³-hybridized carbons (Fsp3) is 0.462. The number of ether oxygens (including phenoxy) is 1. The molecule has 7 heteroatoms. The Hall–Kier alpha value is -1.66. The van der Waals surface area contributed by atoms with Crippen molar-refractivity contribution in [1.29, 1.82) is 0 Å². The van der Waals surface area contributed by atoms with Crippen LogP contribution in [0.1, 0.15) is 16.8 Å². The number of halogens is 1. The van der Waals surface area contributed by atoms with Crippen LogP contribution in [0, 0.1) is 0 Å². The fourth-order valence-corrected chi connectivity index (χ4v) is 2.78. The molecular weight excluding hydrogens is 282 g/mol. The third kappa shape index (κ3) is 2.36. The lowest BCUT2D eigenvalue weighted by Gasteiger charge is -2.33. The van der Waals surface area contributed by atoms with Gasteiger partial charge in [0.25, 0.3) is 5.91 Å². The number of likely N-dealkylation sites (tertiary alicyclic amines) is 1. The van der Waals surface area contributed by atoms with Crippen molar-refractivity contribution in [1.82, 2.24) is 15.2 Å². The second-order valence-corrected chi connectivity index (χ2v) is 5.49. The minimum atomic E-state index is -0.455. The van der Waals surface area contributed by atoms with Gasteiger partial charge in [-0.05, 0) is 12.5 Å². The lowest BCUT2D eigenvalue weighted by Crippen LogP contribution is -2.54. The molecule has 1 aromatic heterocycles. The second kappa shape index (κ2) is 5.03. The van der Waals surface area contributed by atoms with Gasteiger partial charge >= 0.3 is 0 Å². The molecule has 6 nitrogen and oxygen atoms in total. The first-order chi connectivity index (χ1) is 9.60. The van der Waals surface area contributed by atoms with Crippen LogP contribution in [0.5, 0.6) is 0 Å². The quantitative estimate of drug-likeness (QED) is 0.817. The number of carbonyl (C=O) groups is 2. The van der Waals surface area contributed by atoms with Crippen LogP contribution in [-0.2, 0) is 9.53 Å². The summed E-state index contributed by atoms with van der Waals surface area (Å²) in [6, 6.07) is 1.61. The largest absolute Gasteiger partial charge is 0.361 e. The highest BCUT2D eigenvalue weighted by molar-refractivity contribution is 6.33. The maximum Gasteiger partial charge on any atom is 0.255 e. The summed E-state index contributed by atoms with van der Waals surface area (Å²) in [4.78, 5) is 29.2. The minimum Gasteiger partial charge on any atom is -0.361 e. The molecule has 0 saturated carbocycles. The summed E-state index contributed by atoms with van der Waals surface area (Å²) in [5.74, 6) is -0.243. The van der Waals surface area contributed by atoms with E-state index in [1.165, 1.54) is 6.20 Å². The topological polar surface area (TPSA) is 71.5 Å². The maximum atomic E-state index is 12.4. The van der Waals surface area contributed by atoms with Gasteiger partial charge in [0.15, 0.2) is 0 Å². The lowest BCUT2D eigenvalue weighted by atomic mass is 10.0. The van der Waals surface area contributed by atoms with Crippen molar-refractivity contribution in [2.75, 3.05) is 26.2 Å². The first-order valence-electron chi connectivity index (χ1n) is 6.39. The Morgan fingerprint density at radius 2 is 2.40 bits per heavy atom. The summed E-state index contributed by atoms with van der Waals surface area (Å²) in [5, 5.41) is 3.13. The average molecular weight is 296 g/mol. The summed E-state index contributed by atoms with van der Waals surface area (Å²) in [6.07, 6.45) is 3.71. The normalized spacial score (nSPS) is 25.9. The van der Waals surface area contributed by atoms with E-state index in [0.29, 0.717) is 36.6 Å². The number of amides is 2. The molecule has 3 rings (SSSR count). The molecule has 2 aliphatic heterocycles. The van der Waals surface area contributed by atoms with E-state index in [4.69, 9.17) is 16.3 Å². The highest BCUT2D eigenvalue weighted by atomic mass is 35.5. The van der Waals surface area contributed by atoms with Crippen LogP contribution in [0.2, 0.25) is 5.02 Å². The zero-order chi connectivity index (χ0) is 14.2. The zero-order valence-electron chi connectivity index (χ0n) is 10.8. The highest BCUT2D eigenvalue weighted by Gasteiger charge is 2.43. The van der Waals surface area contributed by atoms with Gasteiger partial charge in [-0.1, -0.05) is 11.6 Å². The number of nitrogens with one attached hydrogen (secondary N) is 1. The van der Waals surface area contributed by atoms with E-state index in [1.807, 2.05) is 0 Å². The molecule has 2 amide bonds. The Morgan fingerprint density at radius 1 is 1.55 bits per heavy atom. The van der Waals surface area contributed by atoms with Crippen molar-refractivity contribution in [2.24, 2.45) is 0 Å². The molecule has 1 N–H and O–H groups in total. The highest BCUT2D eigenvalue weighted by Crippen LogP contribution is 2.28. The van der Waals surface area contributed by atoms with Crippen molar-refractivity contribution >= 4 is 23.4 Å². The molecule has 2 saturated heterocycles. The molecule has 1 aromatic rings. The molecule has 1 spiro atoms. The first-order valence-corrected chi connectivity index (χ1v) is 6.77. The Labute approximate surface area is 121 Å². The Balaban J connectivity index is 1.73. The van der Waals surface area contributed by atoms with E-state index in [-0.39, 0.29) is 18.4 Å². The van der Waals surface area contributed by atoms with Crippen LogP contribution in [0.3, 0.4) is 0 Å². The Kier molecular flexibility index (Phi) is 3.35. The number of carbonyl (C=O) groups excluding carboxylic acids is 2. The fourth-order valence-electron chi connectivity index (χ4n) is 2.58. The lowest BCUT2D eigenvalue weighted by molar-refractivity contribution is -0.141. The van der Waals surface area contributed by atoms with Gasteiger partial charge < -0.3 is 15.0 Å². The van der Waals surface area contributed by atoms with E-state index < -0.39 is 5.60 Å².